The lowest BCUT2D eigenvalue weighted by molar-refractivity contribution is -0.116. The van der Waals surface area contributed by atoms with Crippen LogP contribution >= 0.6 is 11.6 Å². The lowest BCUT2D eigenvalue weighted by Gasteiger charge is -2.04. The Hall–Kier alpha value is -2.93. The first-order valence-electron chi connectivity index (χ1n) is 7.77. The molecule has 3 rings (SSSR count). The zero-order valence-corrected chi connectivity index (χ0v) is 14.6. The number of methoxy groups -OCH3 is 1. The molecule has 0 atom stereocenters. The maximum atomic E-state index is 13.1. The molecule has 0 radical (unpaired) electrons. The highest BCUT2D eigenvalue weighted by Gasteiger charge is 2.11. The van der Waals surface area contributed by atoms with Crippen molar-refractivity contribution in [3.63, 3.8) is 0 Å². The average Bonchev–Trinajstić information content (AvgIpc) is 3.12. The van der Waals surface area contributed by atoms with E-state index in [-0.39, 0.29) is 23.8 Å². The standard InChI is InChI=1S/C18H15ClFN3O3/c1-25-13-5-2-11(3-6-13)18-22-17(26-23-18)9-8-16(24)21-12-4-7-15(20)14(19)10-12/h2-7,10H,8-9H2,1H3,(H,21,24). The molecule has 1 N–H and O–H groups in total. The number of nitrogens with one attached hydrogen (secondary N) is 1. The molecule has 6 nitrogen and oxygen atoms in total. The number of halogens is 2. The highest BCUT2D eigenvalue weighted by Crippen LogP contribution is 2.21. The third-order valence-electron chi connectivity index (χ3n) is 3.59. The molecule has 0 bridgehead atoms. The van der Waals surface area contributed by atoms with Crippen molar-refractivity contribution in [2.45, 2.75) is 12.8 Å². The minimum Gasteiger partial charge on any atom is -0.497 e. The summed E-state index contributed by atoms with van der Waals surface area (Å²) in [5, 5.41) is 6.49. The molecule has 2 aromatic carbocycles. The maximum Gasteiger partial charge on any atom is 0.227 e. The normalized spacial score (nSPS) is 10.6. The van der Waals surface area contributed by atoms with Gasteiger partial charge in [0, 0.05) is 24.1 Å². The predicted molar refractivity (Wildman–Crippen MR) is 94.6 cm³/mol. The Kier molecular flexibility index (Phi) is 5.48. The van der Waals surface area contributed by atoms with E-state index in [1.165, 1.54) is 18.2 Å². The summed E-state index contributed by atoms with van der Waals surface area (Å²) >= 11 is 5.68. The van der Waals surface area contributed by atoms with E-state index in [2.05, 4.69) is 15.5 Å². The molecule has 0 aliphatic carbocycles. The molecule has 26 heavy (non-hydrogen) atoms. The van der Waals surface area contributed by atoms with Gasteiger partial charge in [-0.25, -0.2) is 4.39 Å². The smallest absolute Gasteiger partial charge is 0.227 e. The minimum atomic E-state index is -0.540. The molecule has 0 spiro atoms. The zero-order chi connectivity index (χ0) is 18.5. The van der Waals surface area contributed by atoms with E-state index in [0.717, 1.165) is 11.3 Å². The van der Waals surface area contributed by atoms with Gasteiger partial charge in [-0.2, -0.15) is 4.98 Å². The second-order valence-electron chi connectivity index (χ2n) is 5.42. The molecule has 1 heterocycles. The zero-order valence-electron chi connectivity index (χ0n) is 13.8. The number of aryl methyl sites for hydroxylation is 1. The van der Waals surface area contributed by atoms with Crippen molar-refractivity contribution >= 4 is 23.2 Å². The maximum absolute atomic E-state index is 13.1. The van der Waals surface area contributed by atoms with Crippen molar-refractivity contribution in [2.24, 2.45) is 0 Å². The Morgan fingerprint density at radius 3 is 2.73 bits per heavy atom. The molecule has 0 saturated heterocycles. The van der Waals surface area contributed by atoms with Crippen molar-refractivity contribution in [1.29, 1.82) is 0 Å². The van der Waals surface area contributed by atoms with Crippen molar-refractivity contribution in [1.82, 2.24) is 10.1 Å². The van der Waals surface area contributed by atoms with Crippen LogP contribution in [0.5, 0.6) is 5.75 Å². The fourth-order valence-electron chi connectivity index (χ4n) is 2.23. The number of ether oxygens (including phenoxy) is 1. The molecule has 0 aliphatic rings. The van der Waals surface area contributed by atoms with Gasteiger partial charge in [0.1, 0.15) is 11.6 Å². The number of rotatable bonds is 6. The van der Waals surface area contributed by atoms with E-state index < -0.39 is 5.82 Å². The number of hydrogen-bond acceptors (Lipinski definition) is 5. The van der Waals surface area contributed by atoms with Crippen LogP contribution in [0.15, 0.2) is 47.0 Å². The third kappa shape index (κ3) is 4.37. The molecular weight excluding hydrogens is 361 g/mol. The summed E-state index contributed by atoms with van der Waals surface area (Å²) in [6, 6.07) is 11.2. The summed E-state index contributed by atoms with van der Waals surface area (Å²) in [5.74, 6) is 0.713. The SMILES string of the molecule is COc1ccc(-c2noc(CCC(=O)Nc3ccc(F)c(Cl)c3)n2)cc1. The number of carbonyl (C=O) groups excluding carboxylic acids is 1. The molecule has 0 unspecified atom stereocenters. The monoisotopic (exact) mass is 375 g/mol. The summed E-state index contributed by atoms with van der Waals surface area (Å²) in [4.78, 5) is 16.2. The van der Waals surface area contributed by atoms with E-state index in [1.54, 1.807) is 19.2 Å². The van der Waals surface area contributed by atoms with Crippen molar-refractivity contribution < 1.29 is 18.4 Å². The van der Waals surface area contributed by atoms with E-state index in [4.69, 9.17) is 20.9 Å². The first-order valence-corrected chi connectivity index (χ1v) is 8.15. The van der Waals surface area contributed by atoms with Crippen LogP contribution in [0.3, 0.4) is 0 Å². The number of benzene rings is 2. The summed E-state index contributed by atoms with van der Waals surface area (Å²) in [6.45, 7) is 0. The van der Waals surface area contributed by atoms with Crippen LogP contribution in [0.2, 0.25) is 5.02 Å². The number of nitrogens with zero attached hydrogens (tertiary/aromatic N) is 2. The Bertz CT molecular complexity index is 912. The first-order chi connectivity index (χ1) is 12.5. The minimum absolute atomic E-state index is 0.0520. The average molecular weight is 376 g/mol. The van der Waals surface area contributed by atoms with Crippen molar-refractivity contribution in [3.05, 3.63) is 59.2 Å². The van der Waals surface area contributed by atoms with Gasteiger partial charge in [-0.15, -0.1) is 0 Å². The molecular formula is C18H15ClFN3O3. The van der Waals surface area contributed by atoms with Gasteiger partial charge in [-0.05, 0) is 42.5 Å². The molecule has 1 amide bonds. The number of hydrogen-bond donors (Lipinski definition) is 1. The molecule has 1 aromatic heterocycles. The Morgan fingerprint density at radius 2 is 2.04 bits per heavy atom. The molecule has 3 aromatic rings. The van der Waals surface area contributed by atoms with Crippen LogP contribution in [0.4, 0.5) is 10.1 Å². The number of amides is 1. The fraction of sp³-hybridized carbons (Fsp3) is 0.167. The van der Waals surface area contributed by atoms with Gasteiger partial charge in [0.25, 0.3) is 0 Å². The molecule has 0 fully saturated rings. The third-order valence-corrected chi connectivity index (χ3v) is 3.88. The van der Waals surface area contributed by atoms with Crippen LogP contribution in [0, 0.1) is 5.82 Å². The van der Waals surface area contributed by atoms with E-state index >= 15 is 0 Å². The largest absolute Gasteiger partial charge is 0.497 e. The summed E-state index contributed by atoms with van der Waals surface area (Å²) in [5.41, 5.74) is 1.21. The highest BCUT2D eigenvalue weighted by molar-refractivity contribution is 6.31. The van der Waals surface area contributed by atoms with Gasteiger partial charge in [-0.3, -0.25) is 4.79 Å². The Morgan fingerprint density at radius 1 is 1.27 bits per heavy atom. The van der Waals surface area contributed by atoms with Crippen LogP contribution < -0.4 is 10.1 Å². The summed E-state index contributed by atoms with van der Waals surface area (Å²) < 4.78 is 23.4. The fourth-order valence-corrected chi connectivity index (χ4v) is 2.41. The highest BCUT2D eigenvalue weighted by atomic mass is 35.5. The number of anilines is 1. The van der Waals surface area contributed by atoms with Crippen molar-refractivity contribution in [3.8, 4) is 17.1 Å². The van der Waals surface area contributed by atoms with Gasteiger partial charge in [0.05, 0.1) is 12.1 Å². The van der Waals surface area contributed by atoms with Gasteiger partial charge >= 0.3 is 0 Å². The molecule has 8 heteroatoms. The van der Waals surface area contributed by atoms with E-state index in [0.29, 0.717) is 17.4 Å². The summed E-state index contributed by atoms with van der Waals surface area (Å²) in [7, 11) is 1.59. The van der Waals surface area contributed by atoms with Crippen molar-refractivity contribution in [2.75, 3.05) is 12.4 Å². The second-order valence-corrected chi connectivity index (χ2v) is 5.82. The van der Waals surface area contributed by atoms with E-state index in [1.807, 2.05) is 12.1 Å². The lowest BCUT2D eigenvalue weighted by atomic mass is 10.2. The van der Waals surface area contributed by atoms with Crippen LogP contribution in [-0.2, 0) is 11.2 Å². The summed E-state index contributed by atoms with van der Waals surface area (Å²) in [6.07, 6.45) is 0.420. The predicted octanol–water partition coefficient (Wildman–Crippen LogP) is 4.11. The molecule has 0 aliphatic heterocycles. The molecule has 0 saturated carbocycles. The number of aromatic nitrogens is 2. The van der Waals surface area contributed by atoms with E-state index in [9.17, 15) is 9.18 Å². The van der Waals surface area contributed by atoms with Gasteiger partial charge < -0.3 is 14.6 Å². The van der Waals surface area contributed by atoms with Gasteiger partial charge in [0.2, 0.25) is 17.6 Å². The van der Waals surface area contributed by atoms with Crippen LogP contribution in [-0.4, -0.2) is 23.2 Å². The van der Waals surface area contributed by atoms with Gasteiger partial charge in [0.15, 0.2) is 0 Å². The topological polar surface area (TPSA) is 77.2 Å². The first kappa shape index (κ1) is 17.9. The lowest BCUT2D eigenvalue weighted by Crippen LogP contribution is -2.12. The quantitative estimate of drug-likeness (QED) is 0.701. The second kappa shape index (κ2) is 7.97. The Labute approximate surface area is 153 Å². The van der Waals surface area contributed by atoms with Gasteiger partial charge in [-0.1, -0.05) is 16.8 Å². The number of carbonyl (C=O) groups is 1. The van der Waals surface area contributed by atoms with Crippen LogP contribution in [0.25, 0.3) is 11.4 Å². The molecule has 134 valence electrons. The Balaban J connectivity index is 1.56. The van der Waals surface area contributed by atoms with Crippen LogP contribution in [0.1, 0.15) is 12.3 Å².